The topological polar surface area (TPSA) is 66.5 Å². The summed E-state index contributed by atoms with van der Waals surface area (Å²) in [7, 11) is -4.08. The van der Waals surface area contributed by atoms with Crippen molar-refractivity contribution in [2.75, 3.05) is 10.8 Å². The Balaban J connectivity index is 1.85. The molecule has 0 fully saturated rings. The molecule has 1 N–H and O–H groups in total. The molecule has 0 spiro atoms. The molecule has 32 heavy (non-hydrogen) atoms. The van der Waals surface area contributed by atoms with Crippen molar-refractivity contribution in [2.45, 2.75) is 38.1 Å². The third kappa shape index (κ3) is 5.53. The molecule has 0 heterocycles. The molecule has 3 rings (SSSR count). The van der Waals surface area contributed by atoms with Crippen LogP contribution in [0.3, 0.4) is 0 Å². The molecule has 1 amide bonds. The first kappa shape index (κ1) is 23.5. The Morgan fingerprint density at radius 2 is 1.56 bits per heavy atom. The van der Waals surface area contributed by atoms with Gasteiger partial charge in [-0.1, -0.05) is 48.9 Å². The Morgan fingerprint density at radius 3 is 2.12 bits per heavy atom. The molecule has 0 radical (unpaired) electrons. The van der Waals surface area contributed by atoms with Gasteiger partial charge in [-0.25, -0.2) is 12.8 Å². The van der Waals surface area contributed by atoms with Crippen LogP contribution in [0.1, 0.15) is 36.6 Å². The van der Waals surface area contributed by atoms with E-state index in [2.05, 4.69) is 12.2 Å². The lowest BCUT2D eigenvalue weighted by molar-refractivity contribution is -0.120. The first-order valence-electron chi connectivity index (χ1n) is 10.4. The molecule has 0 saturated carbocycles. The summed E-state index contributed by atoms with van der Waals surface area (Å²) in [5.41, 5.74) is 3.44. The fourth-order valence-electron chi connectivity index (χ4n) is 3.30. The van der Waals surface area contributed by atoms with Gasteiger partial charge < -0.3 is 5.32 Å². The second kappa shape index (κ2) is 9.96. The molecule has 0 unspecified atom stereocenters. The average Bonchev–Trinajstić information content (AvgIpc) is 2.78. The van der Waals surface area contributed by atoms with Crippen molar-refractivity contribution in [3.63, 3.8) is 0 Å². The van der Waals surface area contributed by atoms with Crippen LogP contribution in [0.25, 0.3) is 0 Å². The number of aryl methyl sites for hydroxylation is 2. The molecule has 1 atom stereocenters. The molecule has 3 aromatic carbocycles. The van der Waals surface area contributed by atoms with Crippen LogP contribution in [-0.4, -0.2) is 20.9 Å². The number of carbonyl (C=O) groups excluding carboxylic acids is 1. The number of nitrogens with zero attached hydrogens (tertiary/aromatic N) is 1. The maximum atomic E-state index is 13.3. The number of benzene rings is 3. The van der Waals surface area contributed by atoms with Gasteiger partial charge >= 0.3 is 0 Å². The number of hydrogen-bond acceptors (Lipinski definition) is 3. The summed E-state index contributed by atoms with van der Waals surface area (Å²) in [5.74, 6) is -0.977. The van der Waals surface area contributed by atoms with Crippen LogP contribution in [0, 0.1) is 12.7 Å². The lowest BCUT2D eigenvalue weighted by Gasteiger charge is -2.25. The monoisotopic (exact) mass is 454 g/mol. The molecule has 0 saturated heterocycles. The Hall–Kier alpha value is -3.19. The molecule has 0 bridgehead atoms. The molecular weight excluding hydrogens is 427 g/mol. The quantitative estimate of drug-likeness (QED) is 0.533. The van der Waals surface area contributed by atoms with Gasteiger partial charge in [0.2, 0.25) is 5.91 Å². The van der Waals surface area contributed by atoms with Crippen LogP contribution in [0.15, 0.2) is 77.7 Å². The summed E-state index contributed by atoms with van der Waals surface area (Å²) >= 11 is 0. The van der Waals surface area contributed by atoms with Crippen molar-refractivity contribution in [1.82, 2.24) is 5.32 Å². The highest BCUT2D eigenvalue weighted by molar-refractivity contribution is 7.92. The number of carbonyl (C=O) groups is 1. The smallest absolute Gasteiger partial charge is 0.264 e. The maximum absolute atomic E-state index is 13.3. The predicted molar refractivity (Wildman–Crippen MR) is 124 cm³/mol. The predicted octanol–water partition coefficient (Wildman–Crippen LogP) is 4.77. The van der Waals surface area contributed by atoms with E-state index in [1.807, 2.05) is 38.1 Å². The van der Waals surface area contributed by atoms with Gasteiger partial charge in [0.1, 0.15) is 12.4 Å². The van der Waals surface area contributed by atoms with Crippen LogP contribution in [0.2, 0.25) is 0 Å². The minimum absolute atomic E-state index is 0.0875. The van der Waals surface area contributed by atoms with E-state index in [0.29, 0.717) is 5.69 Å². The summed E-state index contributed by atoms with van der Waals surface area (Å²) < 4.78 is 41.0. The Morgan fingerprint density at radius 1 is 0.969 bits per heavy atom. The van der Waals surface area contributed by atoms with Crippen molar-refractivity contribution < 1.29 is 17.6 Å². The zero-order valence-corrected chi connectivity index (χ0v) is 19.2. The van der Waals surface area contributed by atoms with Crippen LogP contribution in [-0.2, 0) is 21.2 Å². The molecule has 0 aliphatic carbocycles. The molecular formula is C25H27FN2O3S. The highest BCUT2D eigenvalue weighted by Crippen LogP contribution is 2.24. The second-order valence-corrected chi connectivity index (χ2v) is 9.55. The number of rotatable bonds is 8. The molecule has 7 heteroatoms. The second-order valence-electron chi connectivity index (χ2n) is 7.69. The SMILES string of the molecule is CCc1ccc([C@@H](C)NC(=O)CN(c2ccc(C)cc2)S(=O)(=O)c2ccc(F)cc2)cc1. The largest absolute Gasteiger partial charge is 0.348 e. The van der Waals surface area contributed by atoms with Gasteiger partial charge in [-0.3, -0.25) is 9.10 Å². The van der Waals surface area contributed by atoms with E-state index in [9.17, 15) is 17.6 Å². The van der Waals surface area contributed by atoms with Gasteiger partial charge in [0.15, 0.2) is 0 Å². The van der Waals surface area contributed by atoms with E-state index in [0.717, 1.165) is 34.0 Å². The molecule has 0 aliphatic rings. The number of hydrogen-bond donors (Lipinski definition) is 1. The van der Waals surface area contributed by atoms with Crippen molar-refractivity contribution in [3.05, 3.63) is 95.3 Å². The molecule has 0 aromatic heterocycles. The van der Waals surface area contributed by atoms with Gasteiger partial charge in [-0.2, -0.15) is 0 Å². The summed E-state index contributed by atoms with van der Waals surface area (Å²) in [6.07, 6.45) is 0.924. The van der Waals surface area contributed by atoms with Gasteiger partial charge in [0.05, 0.1) is 16.6 Å². The number of sulfonamides is 1. The summed E-state index contributed by atoms with van der Waals surface area (Å²) in [6.45, 7) is 5.41. The standard InChI is InChI=1S/C25H27FN2O3S/c1-4-20-7-9-21(10-8-20)19(3)27-25(29)17-28(23-13-5-18(2)6-14-23)32(30,31)24-15-11-22(26)12-16-24/h5-16,19H,4,17H2,1-3H3,(H,27,29)/t19-/m1/s1. The lowest BCUT2D eigenvalue weighted by atomic mass is 10.1. The van der Waals surface area contributed by atoms with E-state index >= 15 is 0 Å². The van der Waals surface area contributed by atoms with Crippen molar-refractivity contribution in [2.24, 2.45) is 0 Å². The van der Waals surface area contributed by atoms with E-state index in [-0.39, 0.29) is 10.9 Å². The first-order chi connectivity index (χ1) is 15.2. The maximum Gasteiger partial charge on any atom is 0.264 e. The average molecular weight is 455 g/mol. The van der Waals surface area contributed by atoms with Crippen LogP contribution >= 0.6 is 0 Å². The molecule has 3 aromatic rings. The van der Waals surface area contributed by atoms with Crippen LogP contribution in [0.4, 0.5) is 10.1 Å². The van der Waals surface area contributed by atoms with E-state index < -0.39 is 28.3 Å². The van der Waals surface area contributed by atoms with Crippen LogP contribution < -0.4 is 9.62 Å². The Kier molecular flexibility index (Phi) is 7.30. The number of amides is 1. The molecule has 5 nitrogen and oxygen atoms in total. The molecule has 0 aliphatic heterocycles. The van der Waals surface area contributed by atoms with Gasteiger partial charge in [-0.15, -0.1) is 0 Å². The van der Waals surface area contributed by atoms with Crippen molar-refractivity contribution >= 4 is 21.6 Å². The van der Waals surface area contributed by atoms with Gasteiger partial charge in [0, 0.05) is 0 Å². The Labute approximate surface area is 188 Å². The van der Waals surface area contributed by atoms with Crippen LogP contribution in [0.5, 0.6) is 0 Å². The minimum Gasteiger partial charge on any atom is -0.348 e. The molecule has 168 valence electrons. The number of halogens is 1. The van der Waals surface area contributed by atoms with E-state index in [1.54, 1.807) is 24.3 Å². The fourth-order valence-corrected chi connectivity index (χ4v) is 4.72. The fraction of sp³-hybridized carbons (Fsp3) is 0.240. The minimum atomic E-state index is -4.08. The first-order valence-corrected chi connectivity index (χ1v) is 11.9. The highest BCUT2D eigenvalue weighted by Gasteiger charge is 2.27. The number of nitrogens with one attached hydrogen (secondary N) is 1. The zero-order valence-electron chi connectivity index (χ0n) is 18.4. The Bertz CT molecular complexity index is 1160. The summed E-state index contributed by atoms with van der Waals surface area (Å²) in [4.78, 5) is 12.8. The lowest BCUT2D eigenvalue weighted by Crippen LogP contribution is -2.41. The third-order valence-corrected chi connectivity index (χ3v) is 7.06. The highest BCUT2D eigenvalue weighted by atomic mass is 32.2. The van der Waals surface area contributed by atoms with Crippen molar-refractivity contribution in [3.8, 4) is 0 Å². The summed E-state index contributed by atoms with van der Waals surface area (Å²) in [5, 5.41) is 2.87. The zero-order chi connectivity index (χ0) is 23.3. The third-order valence-electron chi connectivity index (χ3n) is 5.28. The number of anilines is 1. The van der Waals surface area contributed by atoms with E-state index in [1.165, 1.54) is 17.7 Å². The van der Waals surface area contributed by atoms with E-state index in [4.69, 9.17) is 0 Å². The summed E-state index contributed by atoms with van der Waals surface area (Å²) in [6, 6.07) is 19.1. The van der Waals surface area contributed by atoms with Gasteiger partial charge in [-0.05, 0) is 67.8 Å². The normalized spacial score (nSPS) is 12.2. The van der Waals surface area contributed by atoms with Crippen molar-refractivity contribution in [1.29, 1.82) is 0 Å². The van der Waals surface area contributed by atoms with Gasteiger partial charge in [0.25, 0.3) is 10.0 Å².